The summed E-state index contributed by atoms with van der Waals surface area (Å²) in [5.74, 6) is -4.03. The molecule has 0 aliphatic carbocycles. The number of halogens is 3. The molecule has 1 amide bonds. The van der Waals surface area contributed by atoms with Crippen LogP contribution in [0.1, 0.15) is 12.5 Å². The number of alkyl halides is 2. The highest BCUT2D eigenvalue weighted by Crippen LogP contribution is 2.29. The van der Waals surface area contributed by atoms with Crippen molar-refractivity contribution < 1.29 is 23.1 Å². The van der Waals surface area contributed by atoms with Gasteiger partial charge in [0.15, 0.2) is 0 Å². The first-order valence-corrected chi connectivity index (χ1v) is 3.98. The summed E-state index contributed by atoms with van der Waals surface area (Å²) in [6.45, 7) is 0.644. The van der Waals surface area contributed by atoms with Gasteiger partial charge < -0.3 is 5.11 Å². The van der Waals surface area contributed by atoms with Gasteiger partial charge in [-0.1, -0.05) is 6.07 Å². The lowest BCUT2D eigenvalue weighted by atomic mass is 10.1. The molecule has 82 valence electrons. The zero-order valence-electron chi connectivity index (χ0n) is 7.72. The second-order valence-corrected chi connectivity index (χ2v) is 3.01. The lowest BCUT2D eigenvalue weighted by Gasteiger charge is -2.12. The monoisotopic (exact) mass is 219 g/mol. The molecular formula is C9H8F3NO2. The number of hydrogen-bond acceptors (Lipinski definition) is 1. The third-order valence-electron chi connectivity index (χ3n) is 1.71. The van der Waals surface area contributed by atoms with E-state index in [1.165, 1.54) is 0 Å². The van der Waals surface area contributed by atoms with E-state index in [9.17, 15) is 18.0 Å². The van der Waals surface area contributed by atoms with Crippen LogP contribution in [0, 0.1) is 5.82 Å². The SMILES string of the molecule is CC(F)(F)c1ccc(F)c(NC(=O)O)c1. The molecule has 0 saturated carbocycles. The first-order chi connectivity index (χ1) is 6.80. The van der Waals surface area contributed by atoms with Crippen LogP contribution in [0.5, 0.6) is 0 Å². The molecule has 0 saturated heterocycles. The van der Waals surface area contributed by atoms with Gasteiger partial charge in [0.05, 0.1) is 5.69 Å². The highest BCUT2D eigenvalue weighted by molar-refractivity contribution is 5.83. The maximum atomic E-state index is 12.9. The Balaban J connectivity index is 3.11. The zero-order chi connectivity index (χ0) is 11.6. The number of nitrogens with one attached hydrogen (secondary N) is 1. The van der Waals surface area contributed by atoms with E-state index >= 15 is 0 Å². The van der Waals surface area contributed by atoms with Gasteiger partial charge >= 0.3 is 6.09 Å². The van der Waals surface area contributed by atoms with Gasteiger partial charge in [-0.3, -0.25) is 5.32 Å². The van der Waals surface area contributed by atoms with E-state index in [2.05, 4.69) is 0 Å². The van der Waals surface area contributed by atoms with E-state index < -0.39 is 29.1 Å². The fourth-order valence-electron chi connectivity index (χ4n) is 1.01. The molecular weight excluding hydrogens is 211 g/mol. The maximum Gasteiger partial charge on any atom is 0.409 e. The van der Waals surface area contributed by atoms with Gasteiger partial charge in [-0.05, 0) is 12.1 Å². The quantitative estimate of drug-likeness (QED) is 0.803. The van der Waals surface area contributed by atoms with E-state index in [0.717, 1.165) is 18.2 Å². The second-order valence-electron chi connectivity index (χ2n) is 3.01. The lowest BCUT2D eigenvalue weighted by Crippen LogP contribution is -2.12. The zero-order valence-corrected chi connectivity index (χ0v) is 7.72. The number of hydrogen-bond donors (Lipinski definition) is 2. The predicted molar refractivity (Wildman–Crippen MR) is 47.6 cm³/mol. The smallest absolute Gasteiger partial charge is 0.409 e. The maximum absolute atomic E-state index is 12.9. The Hall–Kier alpha value is -1.72. The molecule has 1 aromatic rings. The first-order valence-electron chi connectivity index (χ1n) is 3.98. The Morgan fingerprint density at radius 3 is 2.53 bits per heavy atom. The van der Waals surface area contributed by atoms with Crippen LogP contribution < -0.4 is 5.32 Å². The Morgan fingerprint density at radius 1 is 1.47 bits per heavy atom. The van der Waals surface area contributed by atoms with E-state index in [-0.39, 0.29) is 0 Å². The Bertz CT molecular complexity index is 387. The summed E-state index contributed by atoms with van der Waals surface area (Å²) in [6.07, 6.45) is -1.51. The number of carbonyl (C=O) groups is 1. The van der Waals surface area contributed by atoms with Gasteiger partial charge in [-0.15, -0.1) is 0 Å². The third-order valence-corrected chi connectivity index (χ3v) is 1.71. The number of benzene rings is 1. The number of rotatable bonds is 2. The van der Waals surface area contributed by atoms with Crippen LogP contribution in [0.25, 0.3) is 0 Å². The molecule has 0 aromatic heterocycles. The van der Waals surface area contributed by atoms with Crippen molar-refractivity contribution in [2.45, 2.75) is 12.8 Å². The van der Waals surface area contributed by atoms with Gasteiger partial charge in [0.25, 0.3) is 5.92 Å². The Morgan fingerprint density at radius 2 is 2.07 bits per heavy atom. The van der Waals surface area contributed by atoms with E-state index in [4.69, 9.17) is 5.11 Å². The molecule has 0 bridgehead atoms. The molecule has 15 heavy (non-hydrogen) atoms. The molecule has 2 N–H and O–H groups in total. The largest absolute Gasteiger partial charge is 0.465 e. The van der Waals surface area contributed by atoms with Crippen LogP contribution in [0.2, 0.25) is 0 Å². The van der Waals surface area contributed by atoms with E-state index in [1.54, 1.807) is 5.32 Å². The minimum absolute atomic E-state index is 0.451. The molecule has 6 heteroatoms. The summed E-state index contributed by atoms with van der Waals surface area (Å²) in [5.41, 5.74) is -0.936. The minimum Gasteiger partial charge on any atom is -0.465 e. The third kappa shape index (κ3) is 2.87. The molecule has 0 unspecified atom stereocenters. The Kier molecular flexibility index (Phi) is 2.88. The average Bonchev–Trinajstić information content (AvgIpc) is 2.06. The molecule has 0 fully saturated rings. The normalized spacial score (nSPS) is 11.2. The molecule has 0 radical (unpaired) electrons. The lowest BCUT2D eigenvalue weighted by molar-refractivity contribution is 0.0174. The summed E-state index contributed by atoms with van der Waals surface area (Å²) in [5, 5.41) is 10.0. The van der Waals surface area contributed by atoms with Gasteiger partial charge in [0.1, 0.15) is 5.82 Å². The van der Waals surface area contributed by atoms with Crippen LogP contribution in [0.15, 0.2) is 18.2 Å². The molecule has 0 aliphatic rings. The van der Waals surface area contributed by atoms with Crippen molar-refractivity contribution in [1.29, 1.82) is 0 Å². The molecule has 0 aliphatic heterocycles. The van der Waals surface area contributed by atoms with E-state index in [1.807, 2.05) is 0 Å². The van der Waals surface area contributed by atoms with Crippen LogP contribution in [0.3, 0.4) is 0 Å². The summed E-state index contributed by atoms with van der Waals surface area (Å²) in [7, 11) is 0. The van der Waals surface area contributed by atoms with Crippen LogP contribution >= 0.6 is 0 Å². The van der Waals surface area contributed by atoms with Crippen LogP contribution in [0.4, 0.5) is 23.7 Å². The van der Waals surface area contributed by atoms with Crippen molar-refractivity contribution in [2.24, 2.45) is 0 Å². The summed E-state index contributed by atoms with van der Waals surface area (Å²) in [6, 6.07) is 2.46. The molecule has 0 heterocycles. The van der Waals surface area contributed by atoms with Crippen molar-refractivity contribution in [2.75, 3.05) is 5.32 Å². The first kappa shape index (κ1) is 11.4. The number of carboxylic acid groups (broad SMARTS) is 1. The van der Waals surface area contributed by atoms with Crippen LogP contribution in [-0.4, -0.2) is 11.2 Å². The highest BCUT2D eigenvalue weighted by atomic mass is 19.3. The molecule has 1 rings (SSSR count). The summed E-state index contributed by atoms with van der Waals surface area (Å²) in [4.78, 5) is 10.2. The molecule has 1 aromatic carbocycles. The van der Waals surface area contributed by atoms with Gasteiger partial charge in [-0.25, -0.2) is 18.0 Å². The molecule has 0 atom stereocenters. The van der Waals surface area contributed by atoms with Crippen LogP contribution in [-0.2, 0) is 5.92 Å². The fourth-order valence-corrected chi connectivity index (χ4v) is 1.01. The second kappa shape index (κ2) is 3.80. The van der Waals surface area contributed by atoms with E-state index in [0.29, 0.717) is 6.92 Å². The van der Waals surface area contributed by atoms with Crippen molar-refractivity contribution in [1.82, 2.24) is 0 Å². The number of anilines is 1. The van der Waals surface area contributed by atoms with Crippen molar-refractivity contribution in [3.63, 3.8) is 0 Å². The summed E-state index contributed by atoms with van der Waals surface area (Å²) >= 11 is 0. The standard InChI is InChI=1S/C9H8F3NO2/c1-9(11,12)5-2-3-6(10)7(4-5)13-8(14)15/h2-4,13H,1H3,(H,14,15). The summed E-state index contributed by atoms with van der Waals surface area (Å²) < 4.78 is 38.6. The highest BCUT2D eigenvalue weighted by Gasteiger charge is 2.25. The number of amides is 1. The van der Waals surface area contributed by atoms with Crippen molar-refractivity contribution >= 4 is 11.8 Å². The minimum atomic E-state index is -3.14. The van der Waals surface area contributed by atoms with Crippen molar-refractivity contribution in [3.8, 4) is 0 Å². The van der Waals surface area contributed by atoms with Gasteiger partial charge in [0.2, 0.25) is 0 Å². The topological polar surface area (TPSA) is 49.3 Å². The molecule has 0 spiro atoms. The average molecular weight is 219 g/mol. The van der Waals surface area contributed by atoms with Gasteiger partial charge in [-0.2, -0.15) is 0 Å². The van der Waals surface area contributed by atoms with Gasteiger partial charge in [0, 0.05) is 12.5 Å². The predicted octanol–water partition coefficient (Wildman–Crippen LogP) is 3.03. The Labute approximate surface area is 83.5 Å². The fraction of sp³-hybridized carbons (Fsp3) is 0.222. The molecule has 3 nitrogen and oxygen atoms in total. The van der Waals surface area contributed by atoms with Crippen molar-refractivity contribution in [3.05, 3.63) is 29.6 Å².